The number of pyridine rings is 1. The topological polar surface area (TPSA) is 34.1 Å². The highest BCUT2D eigenvalue weighted by Crippen LogP contribution is 2.21. The maximum atomic E-state index is 13.6. The predicted molar refractivity (Wildman–Crippen MR) is 76.8 cm³/mol. The van der Waals surface area contributed by atoms with Crippen LogP contribution >= 0.6 is 15.9 Å². The molecule has 0 atom stereocenters. The summed E-state index contributed by atoms with van der Waals surface area (Å²) in [6.45, 7) is 2.81. The lowest BCUT2D eigenvalue weighted by Crippen LogP contribution is -2.02. The first-order chi connectivity index (χ1) is 9.19. The van der Waals surface area contributed by atoms with Crippen LogP contribution in [0.25, 0.3) is 0 Å². The van der Waals surface area contributed by atoms with Crippen LogP contribution in [0.15, 0.2) is 41.0 Å². The minimum absolute atomic E-state index is 0.272. The van der Waals surface area contributed by atoms with Crippen molar-refractivity contribution in [3.63, 3.8) is 0 Å². The summed E-state index contributed by atoms with van der Waals surface area (Å²) in [5, 5.41) is 3.12. The van der Waals surface area contributed by atoms with Crippen LogP contribution in [0.5, 0.6) is 5.75 Å². The summed E-state index contributed by atoms with van der Waals surface area (Å²) < 4.78 is 19.6. The van der Waals surface area contributed by atoms with Crippen LogP contribution in [0.4, 0.5) is 10.1 Å². The maximum absolute atomic E-state index is 13.6. The summed E-state index contributed by atoms with van der Waals surface area (Å²) in [4.78, 5) is 4.29. The van der Waals surface area contributed by atoms with E-state index >= 15 is 0 Å². The van der Waals surface area contributed by atoms with Crippen LogP contribution in [0.1, 0.15) is 12.6 Å². The SMILES string of the molecule is CCOc1ccc(NCc2cccc(Br)n2)cc1F. The molecule has 0 saturated carbocycles. The van der Waals surface area contributed by atoms with Crippen LogP contribution in [-0.4, -0.2) is 11.6 Å². The van der Waals surface area contributed by atoms with Crippen LogP contribution in [0.2, 0.25) is 0 Å². The van der Waals surface area contributed by atoms with Gasteiger partial charge in [0, 0.05) is 11.8 Å². The Morgan fingerprint density at radius 2 is 2.16 bits per heavy atom. The van der Waals surface area contributed by atoms with Crippen molar-refractivity contribution in [3.05, 3.63) is 52.5 Å². The molecular weight excluding hydrogens is 311 g/mol. The molecule has 5 heteroatoms. The van der Waals surface area contributed by atoms with E-state index in [-0.39, 0.29) is 11.6 Å². The maximum Gasteiger partial charge on any atom is 0.167 e. The number of halogens is 2. The fourth-order valence-electron chi connectivity index (χ4n) is 1.62. The van der Waals surface area contributed by atoms with Crippen molar-refractivity contribution >= 4 is 21.6 Å². The minimum Gasteiger partial charge on any atom is -0.491 e. The van der Waals surface area contributed by atoms with E-state index < -0.39 is 0 Å². The van der Waals surface area contributed by atoms with E-state index in [1.54, 1.807) is 12.1 Å². The third-order valence-corrected chi connectivity index (χ3v) is 2.92. The number of nitrogens with zero attached hydrogens (tertiary/aromatic N) is 1. The van der Waals surface area contributed by atoms with Gasteiger partial charge in [0.1, 0.15) is 4.60 Å². The fourth-order valence-corrected chi connectivity index (χ4v) is 2.01. The van der Waals surface area contributed by atoms with Crippen molar-refractivity contribution in [3.8, 4) is 5.75 Å². The molecule has 19 heavy (non-hydrogen) atoms. The van der Waals surface area contributed by atoms with Crippen LogP contribution < -0.4 is 10.1 Å². The Morgan fingerprint density at radius 3 is 2.84 bits per heavy atom. The normalized spacial score (nSPS) is 10.3. The van der Waals surface area contributed by atoms with Crippen molar-refractivity contribution in [1.82, 2.24) is 4.98 Å². The Labute approximate surface area is 119 Å². The van der Waals surface area contributed by atoms with Crippen molar-refractivity contribution in [1.29, 1.82) is 0 Å². The average molecular weight is 325 g/mol. The Balaban J connectivity index is 2.02. The number of anilines is 1. The van der Waals surface area contributed by atoms with Gasteiger partial charge in [-0.15, -0.1) is 0 Å². The molecule has 0 aliphatic carbocycles. The molecule has 0 aliphatic rings. The second-order valence-corrected chi connectivity index (χ2v) is 4.70. The van der Waals surface area contributed by atoms with Crippen LogP contribution in [0, 0.1) is 5.82 Å². The molecule has 0 bridgehead atoms. The molecule has 0 radical (unpaired) electrons. The monoisotopic (exact) mass is 324 g/mol. The van der Waals surface area contributed by atoms with E-state index in [4.69, 9.17) is 4.74 Å². The van der Waals surface area contributed by atoms with Crippen molar-refractivity contribution in [2.24, 2.45) is 0 Å². The van der Waals surface area contributed by atoms with Gasteiger partial charge in [-0.25, -0.2) is 9.37 Å². The zero-order valence-electron chi connectivity index (χ0n) is 10.5. The molecule has 0 unspecified atom stereocenters. The molecule has 100 valence electrons. The lowest BCUT2D eigenvalue weighted by molar-refractivity contribution is 0.321. The molecule has 3 nitrogen and oxygen atoms in total. The Bertz CT molecular complexity index is 563. The van der Waals surface area contributed by atoms with Gasteiger partial charge in [-0.2, -0.15) is 0 Å². The molecule has 0 aliphatic heterocycles. The van der Waals surface area contributed by atoms with Crippen molar-refractivity contribution < 1.29 is 9.13 Å². The van der Waals surface area contributed by atoms with Crippen molar-refractivity contribution in [2.75, 3.05) is 11.9 Å². The summed E-state index contributed by atoms with van der Waals surface area (Å²) in [6.07, 6.45) is 0. The van der Waals surface area contributed by atoms with Gasteiger partial charge in [-0.05, 0) is 47.1 Å². The number of aromatic nitrogens is 1. The van der Waals surface area contributed by atoms with Crippen LogP contribution in [-0.2, 0) is 6.54 Å². The van der Waals surface area contributed by atoms with Gasteiger partial charge < -0.3 is 10.1 Å². The molecule has 0 amide bonds. The van der Waals surface area contributed by atoms with E-state index in [2.05, 4.69) is 26.2 Å². The largest absolute Gasteiger partial charge is 0.491 e. The molecule has 1 aromatic heterocycles. The lowest BCUT2D eigenvalue weighted by Gasteiger charge is -2.09. The van der Waals surface area contributed by atoms with Gasteiger partial charge in [-0.1, -0.05) is 6.07 Å². The first-order valence-corrected chi connectivity index (χ1v) is 6.76. The highest BCUT2D eigenvalue weighted by molar-refractivity contribution is 9.10. The fraction of sp³-hybridized carbons (Fsp3) is 0.214. The number of hydrogen-bond donors (Lipinski definition) is 1. The highest BCUT2D eigenvalue weighted by atomic mass is 79.9. The molecule has 1 N–H and O–H groups in total. The molecule has 1 aromatic carbocycles. The second-order valence-electron chi connectivity index (χ2n) is 3.88. The minimum atomic E-state index is -0.367. The van der Waals surface area contributed by atoms with Gasteiger partial charge >= 0.3 is 0 Å². The third kappa shape index (κ3) is 3.92. The van der Waals surface area contributed by atoms with E-state index in [0.29, 0.717) is 18.8 Å². The average Bonchev–Trinajstić information content (AvgIpc) is 2.39. The number of nitrogens with one attached hydrogen (secondary N) is 1. The predicted octanol–water partition coefficient (Wildman–Crippen LogP) is 3.99. The summed E-state index contributed by atoms with van der Waals surface area (Å²) in [5.74, 6) is -0.0947. The number of benzene rings is 1. The summed E-state index contributed by atoms with van der Waals surface area (Å²) in [7, 11) is 0. The van der Waals surface area contributed by atoms with Gasteiger partial charge in [0.15, 0.2) is 11.6 Å². The number of ether oxygens (including phenoxy) is 1. The quantitative estimate of drug-likeness (QED) is 0.844. The Morgan fingerprint density at radius 1 is 1.32 bits per heavy atom. The van der Waals surface area contributed by atoms with Gasteiger partial charge in [0.25, 0.3) is 0 Å². The zero-order valence-corrected chi connectivity index (χ0v) is 12.1. The van der Waals surface area contributed by atoms with Gasteiger partial charge in [0.2, 0.25) is 0 Å². The lowest BCUT2D eigenvalue weighted by atomic mass is 10.2. The van der Waals surface area contributed by atoms with Crippen LogP contribution in [0.3, 0.4) is 0 Å². The van der Waals surface area contributed by atoms with E-state index in [9.17, 15) is 4.39 Å². The first kappa shape index (κ1) is 13.8. The van der Waals surface area contributed by atoms with Crippen molar-refractivity contribution in [2.45, 2.75) is 13.5 Å². The summed E-state index contributed by atoms with van der Waals surface area (Å²) >= 11 is 3.31. The zero-order chi connectivity index (χ0) is 13.7. The standard InChI is InChI=1S/C14H14BrFN2O/c1-2-19-13-7-6-10(8-12(13)16)17-9-11-4-3-5-14(15)18-11/h3-8,17H,2,9H2,1H3. The van der Waals surface area contributed by atoms with Gasteiger partial charge in [0.05, 0.1) is 18.8 Å². The first-order valence-electron chi connectivity index (χ1n) is 5.96. The van der Waals surface area contributed by atoms with E-state index in [1.165, 1.54) is 6.07 Å². The Hall–Kier alpha value is -1.62. The number of hydrogen-bond acceptors (Lipinski definition) is 3. The number of rotatable bonds is 5. The van der Waals surface area contributed by atoms with Gasteiger partial charge in [-0.3, -0.25) is 0 Å². The molecular formula is C14H14BrFN2O. The smallest absolute Gasteiger partial charge is 0.167 e. The molecule has 2 aromatic rings. The molecule has 0 spiro atoms. The second kappa shape index (κ2) is 6.52. The third-order valence-electron chi connectivity index (χ3n) is 2.48. The summed E-state index contributed by atoms with van der Waals surface area (Å²) in [6, 6.07) is 10.5. The van der Waals surface area contributed by atoms with E-state index in [0.717, 1.165) is 10.3 Å². The molecule has 1 heterocycles. The Kier molecular flexibility index (Phi) is 4.74. The molecule has 0 saturated heterocycles. The molecule has 2 rings (SSSR count). The molecule has 0 fully saturated rings. The van der Waals surface area contributed by atoms with E-state index in [1.807, 2.05) is 25.1 Å². The highest BCUT2D eigenvalue weighted by Gasteiger charge is 2.04. The summed E-state index contributed by atoms with van der Waals surface area (Å²) in [5.41, 5.74) is 1.58.